The molecule has 0 aromatic carbocycles. The highest BCUT2D eigenvalue weighted by Crippen LogP contribution is 2.64. The average Bonchev–Trinajstić information content (AvgIpc) is 2.44. The Balaban J connectivity index is 6.67. The van der Waals surface area contributed by atoms with E-state index in [0.29, 0.717) is 0 Å². The summed E-state index contributed by atoms with van der Waals surface area (Å²) in [7, 11) is 0. The first-order valence-corrected chi connectivity index (χ1v) is 5.87. The largest absolute Gasteiger partial charge is 0.460 e. The summed E-state index contributed by atoms with van der Waals surface area (Å²) in [5, 5.41) is 0. The maximum atomic E-state index is 13.1. The third-order valence-corrected chi connectivity index (χ3v) is 3.08. The number of hydrogen-bond acceptors (Lipinski definition) is 1. The molecule has 18 heteroatoms. The van der Waals surface area contributed by atoms with Crippen LogP contribution in [0.15, 0.2) is 0 Å². The van der Waals surface area contributed by atoms with Crippen molar-refractivity contribution < 1.29 is 79.4 Å². The molecular weight excluding hydrogens is 459 g/mol. The summed E-state index contributed by atoms with van der Waals surface area (Å²) in [6, 6.07) is 0. The molecule has 28 heavy (non-hydrogen) atoms. The Morgan fingerprint density at radius 1 is 0.429 bits per heavy atom. The van der Waals surface area contributed by atoms with Gasteiger partial charge in [0.2, 0.25) is 6.29 Å². The molecule has 0 aliphatic rings. The Morgan fingerprint density at radius 3 is 0.929 bits per heavy atom. The Kier molecular flexibility index (Phi) is 6.14. The van der Waals surface area contributed by atoms with Crippen LogP contribution in [0.4, 0.5) is 74.6 Å². The predicted octanol–water partition coefficient (Wildman–Crippen LogP) is 5.50. The van der Waals surface area contributed by atoms with Crippen LogP contribution in [0.25, 0.3) is 0 Å². The Morgan fingerprint density at radius 2 is 0.679 bits per heavy atom. The molecule has 0 saturated heterocycles. The lowest BCUT2D eigenvalue weighted by molar-refractivity contribution is -0.461. The molecule has 0 aromatic rings. The summed E-state index contributed by atoms with van der Waals surface area (Å²) >= 11 is 0. The van der Waals surface area contributed by atoms with E-state index in [1.165, 1.54) is 0 Å². The minimum atomic E-state index is -8.66. The van der Waals surface area contributed by atoms with Crippen LogP contribution in [0.2, 0.25) is 0 Å². The van der Waals surface area contributed by atoms with E-state index >= 15 is 0 Å². The van der Waals surface area contributed by atoms with Crippen LogP contribution in [0.5, 0.6) is 0 Å². The Hall–Kier alpha value is -1.52. The van der Waals surface area contributed by atoms with Crippen molar-refractivity contribution >= 4 is 6.29 Å². The third-order valence-electron chi connectivity index (χ3n) is 3.08. The highest BCUT2D eigenvalue weighted by molar-refractivity contribution is 5.52. The van der Waals surface area contributed by atoms with Crippen LogP contribution in [-0.2, 0) is 4.79 Å². The first kappa shape index (κ1) is 26.5. The molecule has 0 aliphatic carbocycles. The zero-order valence-corrected chi connectivity index (χ0v) is 12.0. The molecule has 0 spiro atoms. The number of halogens is 17. The molecule has 0 heterocycles. The van der Waals surface area contributed by atoms with Gasteiger partial charge in [-0.1, -0.05) is 0 Å². The molecular formula is C10H2F17O. The summed E-state index contributed by atoms with van der Waals surface area (Å²) in [4.78, 5) is 9.58. The molecule has 0 unspecified atom stereocenters. The van der Waals surface area contributed by atoms with Crippen molar-refractivity contribution in [3.8, 4) is 0 Å². The minimum Gasteiger partial charge on any atom is -0.291 e. The van der Waals surface area contributed by atoms with Crippen LogP contribution < -0.4 is 0 Å². The van der Waals surface area contributed by atoms with E-state index in [1.54, 1.807) is 0 Å². The standard InChI is InChI=1S/C10H2F17O/c11-3(12,1-2-28)4(13,14)5(15,16)6(17,18)7(19,20)8(21,22)9(23,24)10(25,26)27/h1H2. The van der Waals surface area contributed by atoms with Crippen LogP contribution >= 0.6 is 0 Å². The maximum absolute atomic E-state index is 13.1. The first-order chi connectivity index (χ1) is 11.8. The highest BCUT2D eigenvalue weighted by Gasteiger charge is 2.95. The number of rotatable bonds is 8. The Bertz CT molecular complexity index is 585. The fraction of sp³-hybridized carbons (Fsp3) is 0.900. The molecule has 0 fully saturated rings. The molecule has 0 amide bonds. The lowest BCUT2D eigenvalue weighted by atomic mass is 9.88. The predicted molar refractivity (Wildman–Crippen MR) is 51.0 cm³/mol. The lowest BCUT2D eigenvalue weighted by Crippen LogP contribution is -2.74. The van der Waals surface area contributed by atoms with Gasteiger partial charge in [-0.3, -0.25) is 4.79 Å². The average molecular weight is 461 g/mol. The topological polar surface area (TPSA) is 17.1 Å². The van der Waals surface area contributed by atoms with E-state index in [2.05, 4.69) is 0 Å². The fourth-order valence-electron chi connectivity index (χ4n) is 1.40. The van der Waals surface area contributed by atoms with Gasteiger partial charge in [0.15, 0.2) is 0 Å². The fourth-order valence-corrected chi connectivity index (χ4v) is 1.40. The monoisotopic (exact) mass is 461 g/mol. The maximum Gasteiger partial charge on any atom is 0.460 e. The molecule has 0 rings (SSSR count). The van der Waals surface area contributed by atoms with E-state index < -0.39 is 54.1 Å². The molecule has 0 aliphatic heterocycles. The molecule has 0 N–H and O–H groups in total. The SMILES string of the molecule is O=[C]CC(F)(F)C(F)(F)C(F)(F)C(F)(F)C(F)(F)C(F)(F)C(F)(F)C(F)(F)F. The second-order valence-electron chi connectivity index (χ2n) is 4.97. The van der Waals surface area contributed by atoms with Gasteiger partial charge in [0.25, 0.3) is 0 Å². The third kappa shape index (κ3) is 3.15. The molecule has 0 bridgehead atoms. The highest BCUT2D eigenvalue weighted by atomic mass is 19.4. The summed E-state index contributed by atoms with van der Waals surface area (Å²) < 4.78 is 215. The van der Waals surface area contributed by atoms with Crippen LogP contribution in [0.3, 0.4) is 0 Å². The normalized spacial score (nSPS) is 16.3. The zero-order valence-electron chi connectivity index (χ0n) is 12.0. The van der Waals surface area contributed by atoms with Gasteiger partial charge in [0.05, 0.1) is 6.42 Å². The van der Waals surface area contributed by atoms with Gasteiger partial charge in [-0.25, -0.2) is 0 Å². The van der Waals surface area contributed by atoms with Gasteiger partial charge in [-0.05, 0) is 0 Å². The van der Waals surface area contributed by atoms with Gasteiger partial charge < -0.3 is 0 Å². The van der Waals surface area contributed by atoms with Crippen molar-refractivity contribution in [3.05, 3.63) is 0 Å². The van der Waals surface area contributed by atoms with Crippen LogP contribution in [-0.4, -0.2) is 53.9 Å². The van der Waals surface area contributed by atoms with E-state index in [1.807, 2.05) is 0 Å². The molecule has 0 saturated carbocycles. The van der Waals surface area contributed by atoms with Crippen LogP contribution in [0, 0.1) is 0 Å². The first-order valence-electron chi connectivity index (χ1n) is 5.87. The smallest absolute Gasteiger partial charge is 0.291 e. The summed E-state index contributed by atoms with van der Waals surface area (Å²) in [6.45, 7) is 0. The van der Waals surface area contributed by atoms with Gasteiger partial charge in [0, 0.05) is 0 Å². The molecule has 1 radical (unpaired) electrons. The van der Waals surface area contributed by atoms with Crippen molar-refractivity contribution in [1.29, 1.82) is 0 Å². The number of alkyl halides is 17. The molecule has 0 atom stereocenters. The van der Waals surface area contributed by atoms with E-state index in [4.69, 9.17) is 0 Å². The molecule has 0 aromatic heterocycles. The van der Waals surface area contributed by atoms with Gasteiger partial charge >= 0.3 is 47.6 Å². The molecule has 1 nitrogen and oxygen atoms in total. The zero-order chi connectivity index (χ0) is 23.4. The summed E-state index contributed by atoms with van der Waals surface area (Å²) in [5.74, 6) is -56.9. The van der Waals surface area contributed by atoms with Crippen molar-refractivity contribution in [1.82, 2.24) is 0 Å². The van der Waals surface area contributed by atoms with Crippen molar-refractivity contribution in [2.75, 3.05) is 0 Å². The van der Waals surface area contributed by atoms with Crippen molar-refractivity contribution in [2.24, 2.45) is 0 Å². The van der Waals surface area contributed by atoms with Gasteiger partial charge in [0.1, 0.15) is 0 Å². The van der Waals surface area contributed by atoms with Crippen LogP contribution in [0.1, 0.15) is 6.42 Å². The quantitative estimate of drug-likeness (QED) is 0.437. The number of hydrogen-bond donors (Lipinski definition) is 0. The minimum absolute atomic E-state index is 0.212. The van der Waals surface area contributed by atoms with Gasteiger partial charge in [-0.2, -0.15) is 74.6 Å². The number of carbonyl (C=O) groups excluding carboxylic acids is 1. The van der Waals surface area contributed by atoms with Gasteiger partial charge in [-0.15, -0.1) is 0 Å². The molecule has 167 valence electrons. The van der Waals surface area contributed by atoms with Crippen molar-refractivity contribution in [2.45, 2.75) is 54.1 Å². The van der Waals surface area contributed by atoms with E-state index in [0.717, 1.165) is 0 Å². The van der Waals surface area contributed by atoms with Crippen molar-refractivity contribution in [3.63, 3.8) is 0 Å². The van der Waals surface area contributed by atoms with E-state index in [9.17, 15) is 79.4 Å². The summed E-state index contributed by atoms with van der Waals surface area (Å²) in [5.41, 5.74) is 0. The lowest BCUT2D eigenvalue weighted by Gasteiger charge is -2.42. The van der Waals surface area contributed by atoms with E-state index in [-0.39, 0.29) is 6.29 Å². The second-order valence-corrected chi connectivity index (χ2v) is 4.97. The second kappa shape index (κ2) is 6.50. The summed E-state index contributed by atoms with van der Waals surface area (Å²) in [6.07, 6.45) is -11.2. The Labute approximate surface area is 141 Å².